The first-order chi connectivity index (χ1) is 8.17. The number of aromatic nitrogens is 2. The van der Waals surface area contributed by atoms with E-state index in [1.54, 1.807) is 6.07 Å². The van der Waals surface area contributed by atoms with E-state index in [1.807, 2.05) is 13.8 Å². The molecule has 1 aromatic heterocycles. The van der Waals surface area contributed by atoms with E-state index in [0.29, 0.717) is 23.8 Å². The van der Waals surface area contributed by atoms with Crippen LogP contribution in [-0.2, 0) is 0 Å². The van der Waals surface area contributed by atoms with Crippen LogP contribution in [0, 0.1) is 6.92 Å². The highest BCUT2D eigenvalue weighted by molar-refractivity contribution is 7.99. The van der Waals surface area contributed by atoms with Crippen LogP contribution in [0.5, 0.6) is 0 Å². The van der Waals surface area contributed by atoms with Crippen LogP contribution in [0.25, 0.3) is 0 Å². The largest absolute Gasteiger partial charge is 0.396 e. The third-order valence-corrected chi connectivity index (χ3v) is 2.69. The Bertz CT molecular complexity index is 385. The summed E-state index contributed by atoms with van der Waals surface area (Å²) in [4.78, 5) is 20.1. The number of aliphatic hydroxyl groups excluding tert-OH is 1. The number of hydrogen-bond donors (Lipinski definition) is 2. The van der Waals surface area contributed by atoms with Gasteiger partial charge in [-0.1, -0.05) is 18.7 Å². The Morgan fingerprint density at radius 2 is 2.29 bits per heavy atom. The normalized spacial score (nSPS) is 10.3. The quantitative estimate of drug-likeness (QED) is 0.451. The highest BCUT2D eigenvalue weighted by Gasteiger charge is 2.09. The summed E-state index contributed by atoms with van der Waals surface area (Å²) in [5.74, 6) is 0.650. The van der Waals surface area contributed by atoms with E-state index >= 15 is 0 Å². The smallest absolute Gasteiger partial charge is 0.270 e. The minimum atomic E-state index is -0.220. The molecule has 94 valence electrons. The second kappa shape index (κ2) is 7.24. The van der Waals surface area contributed by atoms with E-state index in [-0.39, 0.29) is 12.5 Å². The summed E-state index contributed by atoms with van der Waals surface area (Å²) in [7, 11) is 0. The molecule has 0 unspecified atom stereocenters. The number of thioether (sulfide) groups is 1. The number of carbonyl (C=O) groups excluding carboxylic acids is 1. The fourth-order valence-corrected chi connectivity index (χ4v) is 1.85. The zero-order chi connectivity index (χ0) is 12.7. The molecule has 0 radical (unpaired) electrons. The summed E-state index contributed by atoms with van der Waals surface area (Å²) in [6, 6.07) is 1.66. The van der Waals surface area contributed by atoms with Gasteiger partial charge in [0.15, 0.2) is 5.16 Å². The maximum Gasteiger partial charge on any atom is 0.270 e. The Hall–Kier alpha value is -1.14. The van der Waals surface area contributed by atoms with Crippen LogP contribution < -0.4 is 5.32 Å². The average molecular weight is 255 g/mol. The second-order valence-electron chi connectivity index (χ2n) is 3.44. The maximum atomic E-state index is 11.7. The molecule has 0 fully saturated rings. The van der Waals surface area contributed by atoms with Crippen LogP contribution in [0.1, 0.15) is 29.5 Å². The molecular weight excluding hydrogens is 238 g/mol. The fraction of sp³-hybridized carbons (Fsp3) is 0.545. The second-order valence-corrected chi connectivity index (χ2v) is 4.67. The van der Waals surface area contributed by atoms with E-state index in [1.165, 1.54) is 11.8 Å². The van der Waals surface area contributed by atoms with Crippen LogP contribution in [0.4, 0.5) is 0 Å². The SMILES string of the molecule is CCSc1nc(C)cc(C(=O)NCCCO)n1. The van der Waals surface area contributed by atoms with Gasteiger partial charge in [0.2, 0.25) is 0 Å². The molecule has 0 atom stereocenters. The van der Waals surface area contributed by atoms with E-state index in [4.69, 9.17) is 5.11 Å². The minimum absolute atomic E-state index is 0.0695. The molecule has 1 amide bonds. The van der Waals surface area contributed by atoms with Crippen LogP contribution in [-0.4, -0.2) is 39.9 Å². The van der Waals surface area contributed by atoms with Crippen LogP contribution in [0.3, 0.4) is 0 Å². The first-order valence-corrected chi connectivity index (χ1v) is 6.53. The number of carbonyl (C=O) groups is 1. The van der Waals surface area contributed by atoms with E-state index in [9.17, 15) is 4.79 Å². The summed E-state index contributed by atoms with van der Waals surface area (Å²) in [6.07, 6.45) is 0.548. The molecule has 2 N–H and O–H groups in total. The Kier molecular flexibility index (Phi) is 5.93. The Morgan fingerprint density at radius 3 is 2.94 bits per heavy atom. The molecule has 0 saturated carbocycles. The first kappa shape index (κ1) is 13.9. The van der Waals surface area contributed by atoms with Gasteiger partial charge < -0.3 is 10.4 Å². The molecule has 6 heteroatoms. The lowest BCUT2D eigenvalue weighted by atomic mass is 10.3. The molecule has 0 aromatic carbocycles. The number of aryl methyl sites for hydroxylation is 1. The van der Waals surface area contributed by atoms with Gasteiger partial charge in [-0.05, 0) is 25.2 Å². The molecule has 0 saturated heterocycles. The summed E-state index contributed by atoms with van der Waals surface area (Å²) < 4.78 is 0. The molecule has 0 aliphatic carbocycles. The molecule has 1 heterocycles. The highest BCUT2D eigenvalue weighted by atomic mass is 32.2. The first-order valence-electron chi connectivity index (χ1n) is 5.55. The summed E-state index contributed by atoms with van der Waals surface area (Å²) in [6.45, 7) is 4.37. The predicted molar refractivity (Wildman–Crippen MR) is 67.2 cm³/mol. The van der Waals surface area contributed by atoms with Crippen molar-refractivity contribution < 1.29 is 9.90 Å². The molecule has 1 rings (SSSR count). The van der Waals surface area contributed by atoms with Gasteiger partial charge in [0.05, 0.1) is 0 Å². The van der Waals surface area contributed by atoms with Crippen molar-refractivity contribution in [3.63, 3.8) is 0 Å². The zero-order valence-corrected chi connectivity index (χ0v) is 10.9. The van der Waals surface area contributed by atoms with Crippen molar-refractivity contribution >= 4 is 17.7 Å². The van der Waals surface area contributed by atoms with E-state index in [0.717, 1.165) is 11.4 Å². The lowest BCUT2D eigenvalue weighted by Gasteiger charge is -2.05. The summed E-state index contributed by atoms with van der Waals surface area (Å²) in [5.41, 5.74) is 1.16. The van der Waals surface area contributed by atoms with Gasteiger partial charge in [0.25, 0.3) is 5.91 Å². The number of aliphatic hydroxyl groups is 1. The van der Waals surface area contributed by atoms with Crippen molar-refractivity contribution in [2.75, 3.05) is 18.9 Å². The van der Waals surface area contributed by atoms with Crippen molar-refractivity contribution in [3.05, 3.63) is 17.5 Å². The van der Waals surface area contributed by atoms with Crippen molar-refractivity contribution in [1.29, 1.82) is 0 Å². The van der Waals surface area contributed by atoms with E-state index in [2.05, 4.69) is 15.3 Å². The lowest BCUT2D eigenvalue weighted by Crippen LogP contribution is -2.26. The van der Waals surface area contributed by atoms with Crippen molar-refractivity contribution in [1.82, 2.24) is 15.3 Å². The van der Waals surface area contributed by atoms with Crippen molar-refractivity contribution in [3.8, 4) is 0 Å². The van der Waals surface area contributed by atoms with Crippen molar-refractivity contribution in [2.45, 2.75) is 25.4 Å². The topological polar surface area (TPSA) is 75.1 Å². The summed E-state index contributed by atoms with van der Waals surface area (Å²) >= 11 is 1.51. The van der Waals surface area contributed by atoms with Gasteiger partial charge >= 0.3 is 0 Å². The molecule has 0 aliphatic heterocycles. The number of nitrogens with zero attached hydrogens (tertiary/aromatic N) is 2. The Labute approximate surface area is 105 Å². The molecule has 17 heavy (non-hydrogen) atoms. The van der Waals surface area contributed by atoms with Gasteiger partial charge in [-0.3, -0.25) is 4.79 Å². The molecule has 0 aliphatic rings. The van der Waals surface area contributed by atoms with Crippen LogP contribution >= 0.6 is 11.8 Å². The number of rotatable bonds is 6. The molecule has 0 bridgehead atoms. The van der Waals surface area contributed by atoms with Gasteiger partial charge in [-0.15, -0.1) is 0 Å². The Balaban J connectivity index is 2.71. The van der Waals surface area contributed by atoms with Gasteiger partial charge in [-0.2, -0.15) is 0 Å². The fourth-order valence-electron chi connectivity index (χ4n) is 1.22. The molecule has 5 nitrogen and oxygen atoms in total. The Morgan fingerprint density at radius 1 is 1.53 bits per heavy atom. The maximum absolute atomic E-state index is 11.7. The molecular formula is C11H17N3O2S. The van der Waals surface area contributed by atoms with Gasteiger partial charge in [-0.25, -0.2) is 9.97 Å². The highest BCUT2D eigenvalue weighted by Crippen LogP contribution is 2.13. The third kappa shape index (κ3) is 4.70. The number of amides is 1. The monoisotopic (exact) mass is 255 g/mol. The molecule has 1 aromatic rings. The van der Waals surface area contributed by atoms with E-state index < -0.39 is 0 Å². The van der Waals surface area contributed by atoms with Crippen molar-refractivity contribution in [2.24, 2.45) is 0 Å². The zero-order valence-electron chi connectivity index (χ0n) is 10.1. The summed E-state index contributed by atoms with van der Waals surface area (Å²) in [5, 5.41) is 12.0. The minimum Gasteiger partial charge on any atom is -0.396 e. The van der Waals surface area contributed by atoms with Crippen LogP contribution in [0.2, 0.25) is 0 Å². The lowest BCUT2D eigenvalue weighted by molar-refractivity contribution is 0.0945. The third-order valence-electron chi connectivity index (χ3n) is 1.96. The van der Waals surface area contributed by atoms with Gasteiger partial charge in [0.1, 0.15) is 5.69 Å². The number of nitrogens with one attached hydrogen (secondary N) is 1. The predicted octanol–water partition coefficient (Wildman–Crippen LogP) is 1.01. The number of hydrogen-bond acceptors (Lipinski definition) is 5. The van der Waals surface area contributed by atoms with Gasteiger partial charge in [0, 0.05) is 18.8 Å². The average Bonchev–Trinajstić information content (AvgIpc) is 2.29. The molecule has 0 spiro atoms. The van der Waals surface area contributed by atoms with Crippen LogP contribution in [0.15, 0.2) is 11.2 Å². The standard InChI is InChI=1S/C11H17N3O2S/c1-3-17-11-13-8(2)7-9(14-11)10(16)12-5-4-6-15/h7,15H,3-6H2,1-2H3,(H,12,16).